The van der Waals surface area contributed by atoms with Crippen LogP contribution in [0, 0.1) is 0 Å². The summed E-state index contributed by atoms with van der Waals surface area (Å²) in [6, 6.07) is 1.79. The number of carbonyl (C=O) groups is 1. The van der Waals surface area contributed by atoms with E-state index in [0.717, 1.165) is 33.9 Å². The molecule has 0 bridgehead atoms. The summed E-state index contributed by atoms with van der Waals surface area (Å²) < 4.78 is 1.79. The molecule has 1 fully saturated rings. The lowest BCUT2D eigenvalue weighted by Gasteiger charge is -2.26. The van der Waals surface area contributed by atoms with Gasteiger partial charge in [0.25, 0.3) is 5.91 Å². The molecule has 3 nitrogen and oxygen atoms in total. The van der Waals surface area contributed by atoms with Crippen LogP contribution < -0.4 is 5.32 Å². The van der Waals surface area contributed by atoms with Crippen LogP contribution in [0.5, 0.6) is 0 Å². The van der Waals surface area contributed by atoms with Crippen molar-refractivity contribution in [1.82, 2.24) is 5.32 Å². The maximum atomic E-state index is 12.0. The molecule has 1 aromatic heterocycles. The number of carbonyl (C=O) groups excluding carboxylic acids is 1. The van der Waals surface area contributed by atoms with Gasteiger partial charge in [0.1, 0.15) is 0 Å². The topological polar surface area (TPSA) is 49.3 Å². The summed E-state index contributed by atoms with van der Waals surface area (Å²) in [5, 5.41) is 13.3. The first-order chi connectivity index (χ1) is 9.00. The Morgan fingerprint density at radius 1 is 1.32 bits per heavy atom. The summed E-state index contributed by atoms with van der Waals surface area (Å²) in [6.45, 7) is 0.346. The molecule has 19 heavy (non-hydrogen) atoms. The molecule has 0 radical (unpaired) electrons. The van der Waals surface area contributed by atoms with Crippen LogP contribution in [-0.4, -0.2) is 23.2 Å². The quantitative estimate of drug-likeness (QED) is 0.737. The highest BCUT2D eigenvalue weighted by atomic mass is 79.9. The van der Waals surface area contributed by atoms with Gasteiger partial charge < -0.3 is 10.4 Å². The Bertz CT molecular complexity index is 434. The molecule has 2 N–H and O–H groups in total. The second-order valence-corrected chi connectivity index (χ2v) is 8.28. The van der Waals surface area contributed by atoms with E-state index in [4.69, 9.17) is 0 Å². The number of aliphatic hydroxyl groups is 1. The predicted molar refractivity (Wildman–Crippen MR) is 84.7 cm³/mol. The Labute approximate surface area is 134 Å². The molecule has 1 aromatic rings. The SMILES string of the molecule is O=C(NCC1(O)CCCCCC1)c1cc(Br)c(Br)s1. The molecule has 0 aromatic carbocycles. The van der Waals surface area contributed by atoms with Crippen molar-refractivity contribution in [1.29, 1.82) is 0 Å². The highest BCUT2D eigenvalue weighted by molar-refractivity contribution is 9.13. The lowest BCUT2D eigenvalue weighted by Crippen LogP contribution is -2.42. The molecular weight excluding hydrogens is 394 g/mol. The summed E-state index contributed by atoms with van der Waals surface area (Å²) in [7, 11) is 0. The zero-order valence-corrected chi connectivity index (χ0v) is 14.5. The highest BCUT2D eigenvalue weighted by Crippen LogP contribution is 2.32. The molecule has 2 rings (SSSR count). The van der Waals surface area contributed by atoms with Crippen LogP contribution in [0.4, 0.5) is 0 Å². The third-order valence-corrected chi connectivity index (χ3v) is 6.74. The van der Waals surface area contributed by atoms with Crippen LogP contribution in [0.2, 0.25) is 0 Å². The van der Waals surface area contributed by atoms with Crippen molar-refractivity contribution >= 4 is 49.1 Å². The van der Waals surface area contributed by atoms with Gasteiger partial charge in [-0.05, 0) is 50.8 Å². The van der Waals surface area contributed by atoms with E-state index in [1.165, 1.54) is 24.2 Å². The first-order valence-electron chi connectivity index (χ1n) is 6.46. The van der Waals surface area contributed by atoms with Crippen molar-refractivity contribution in [2.24, 2.45) is 0 Å². The zero-order valence-electron chi connectivity index (χ0n) is 10.5. The molecule has 1 aliphatic rings. The van der Waals surface area contributed by atoms with Gasteiger partial charge in [-0.2, -0.15) is 0 Å². The lowest BCUT2D eigenvalue weighted by molar-refractivity contribution is 0.0247. The van der Waals surface area contributed by atoms with Crippen molar-refractivity contribution in [3.63, 3.8) is 0 Å². The molecular formula is C13H17Br2NO2S. The van der Waals surface area contributed by atoms with Gasteiger partial charge >= 0.3 is 0 Å². The number of hydrogen-bond donors (Lipinski definition) is 2. The minimum atomic E-state index is -0.724. The Kier molecular flexibility index (Phi) is 5.45. The van der Waals surface area contributed by atoms with Gasteiger partial charge in [-0.15, -0.1) is 11.3 Å². The fraction of sp³-hybridized carbons (Fsp3) is 0.615. The maximum absolute atomic E-state index is 12.0. The fourth-order valence-corrected chi connectivity index (χ4v) is 4.31. The highest BCUT2D eigenvalue weighted by Gasteiger charge is 2.28. The molecule has 0 atom stereocenters. The number of nitrogens with one attached hydrogen (secondary N) is 1. The second-order valence-electron chi connectivity index (χ2n) is 5.05. The van der Waals surface area contributed by atoms with Crippen molar-refractivity contribution in [3.05, 3.63) is 19.2 Å². The average Bonchev–Trinajstić information content (AvgIpc) is 2.60. The smallest absolute Gasteiger partial charge is 0.261 e. The van der Waals surface area contributed by atoms with Gasteiger partial charge in [-0.3, -0.25) is 4.79 Å². The van der Waals surface area contributed by atoms with E-state index in [9.17, 15) is 9.90 Å². The molecule has 0 spiro atoms. The summed E-state index contributed by atoms with van der Waals surface area (Å²) in [6.07, 6.45) is 6.02. The standard InChI is InChI=1S/C13H17Br2NO2S/c14-9-7-10(19-11(9)15)12(17)16-8-13(18)5-3-1-2-4-6-13/h7,18H,1-6,8H2,(H,16,17). The lowest BCUT2D eigenvalue weighted by atomic mass is 9.94. The average molecular weight is 411 g/mol. The minimum Gasteiger partial charge on any atom is -0.388 e. The maximum Gasteiger partial charge on any atom is 0.261 e. The van der Waals surface area contributed by atoms with Crippen molar-refractivity contribution < 1.29 is 9.90 Å². The second kappa shape index (κ2) is 6.70. The Balaban J connectivity index is 1.92. The first kappa shape index (κ1) is 15.5. The molecule has 106 valence electrons. The van der Waals surface area contributed by atoms with E-state index in [-0.39, 0.29) is 5.91 Å². The first-order valence-corrected chi connectivity index (χ1v) is 8.86. The third kappa shape index (κ3) is 4.28. The normalized spacial score (nSPS) is 18.9. The van der Waals surface area contributed by atoms with Crippen molar-refractivity contribution in [2.45, 2.75) is 44.1 Å². The van der Waals surface area contributed by atoms with Crippen LogP contribution >= 0.6 is 43.2 Å². The van der Waals surface area contributed by atoms with Crippen LogP contribution in [0.1, 0.15) is 48.2 Å². The van der Waals surface area contributed by atoms with Gasteiger partial charge in [0.05, 0.1) is 14.3 Å². The monoisotopic (exact) mass is 409 g/mol. The molecule has 1 aliphatic carbocycles. The minimum absolute atomic E-state index is 0.117. The van der Waals surface area contributed by atoms with E-state index in [2.05, 4.69) is 37.2 Å². The Morgan fingerprint density at radius 2 is 1.95 bits per heavy atom. The van der Waals surface area contributed by atoms with E-state index in [0.29, 0.717) is 11.4 Å². The Morgan fingerprint density at radius 3 is 2.47 bits per heavy atom. The van der Waals surface area contributed by atoms with Crippen LogP contribution in [0.15, 0.2) is 14.3 Å². The number of thiophene rings is 1. The van der Waals surface area contributed by atoms with E-state index in [1.807, 2.05) is 0 Å². The molecule has 0 aliphatic heterocycles. The van der Waals surface area contributed by atoms with Crippen LogP contribution in [0.3, 0.4) is 0 Å². The summed E-state index contributed by atoms with van der Waals surface area (Å²) in [5.41, 5.74) is -0.724. The number of halogens is 2. The van der Waals surface area contributed by atoms with Gasteiger partial charge in [0, 0.05) is 11.0 Å². The van der Waals surface area contributed by atoms with E-state index < -0.39 is 5.60 Å². The molecule has 1 heterocycles. The predicted octanol–water partition coefficient (Wildman–Crippen LogP) is 4.09. The fourth-order valence-electron chi connectivity index (χ4n) is 2.35. The number of amides is 1. The van der Waals surface area contributed by atoms with E-state index >= 15 is 0 Å². The van der Waals surface area contributed by atoms with Crippen molar-refractivity contribution in [3.8, 4) is 0 Å². The van der Waals surface area contributed by atoms with Crippen molar-refractivity contribution in [2.75, 3.05) is 6.54 Å². The molecule has 1 saturated carbocycles. The largest absolute Gasteiger partial charge is 0.388 e. The van der Waals surface area contributed by atoms with Gasteiger partial charge in [-0.25, -0.2) is 0 Å². The van der Waals surface area contributed by atoms with Gasteiger partial charge in [-0.1, -0.05) is 25.7 Å². The third-order valence-electron chi connectivity index (χ3n) is 3.48. The van der Waals surface area contributed by atoms with E-state index in [1.54, 1.807) is 6.07 Å². The van der Waals surface area contributed by atoms with Crippen LogP contribution in [0.25, 0.3) is 0 Å². The van der Waals surface area contributed by atoms with Crippen LogP contribution in [-0.2, 0) is 0 Å². The number of rotatable bonds is 3. The Hall–Kier alpha value is 0.0900. The summed E-state index contributed by atoms with van der Waals surface area (Å²) in [4.78, 5) is 12.7. The number of hydrogen-bond acceptors (Lipinski definition) is 3. The molecule has 0 saturated heterocycles. The summed E-state index contributed by atoms with van der Waals surface area (Å²) in [5.74, 6) is -0.117. The zero-order chi connectivity index (χ0) is 13.9. The molecule has 0 unspecified atom stereocenters. The summed E-state index contributed by atoms with van der Waals surface area (Å²) >= 11 is 8.13. The molecule has 6 heteroatoms. The van der Waals surface area contributed by atoms with Gasteiger partial charge in [0.2, 0.25) is 0 Å². The molecule has 1 amide bonds. The van der Waals surface area contributed by atoms with Gasteiger partial charge in [0.15, 0.2) is 0 Å².